The molecule has 2 aromatic rings. The third-order valence-electron chi connectivity index (χ3n) is 3.25. The van der Waals surface area contributed by atoms with Gasteiger partial charge in [0.05, 0.1) is 19.3 Å². The molecule has 0 amide bonds. The van der Waals surface area contributed by atoms with Gasteiger partial charge in [0.25, 0.3) is 0 Å². The van der Waals surface area contributed by atoms with Crippen LogP contribution in [0.4, 0.5) is 0 Å². The fourth-order valence-corrected chi connectivity index (χ4v) is 2.18. The van der Waals surface area contributed by atoms with Crippen LogP contribution in [0.3, 0.4) is 0 Å². The molecule has 106 valence electrons. The molecule has 0 spiro atoms. The van der Waals surface area contributed by atoms with Crippen molar-refractivity contribution in [3.05, 3.63) is 53.9 Å². The zero-order valence-corrected chi connectivity index (χ0v) is 12.2. The molecule has 0 aliphatic heterocycles. The summed E-state index contributed by atoms with van der Waals surface area (Å²) in [5.74, 6) is 0.977. The summed E-state index contributed by atoms with van der Waals surface area (Å²) in [6.45, 7) is 1.14. The molecule has 0 fully saturated rings. The number of Topliss-reactive ketones (excluding diaryl/α,β-unsaturated/α-hetero) is 1. The van der Waals surface area contributed by atoms with E-state index in [2.05, 4.69) is 0 Å². The van der Waals surface area contributed by atoms with Gasteiger partial charge in [-0.2, -0.15) is 0 Å². The first-order chi connectivity index (χ1) is 9.60. The summed E-state index contributed by atoms with van der Waals surface area (Å²) in [5, 5.41) is 0. The number of rotatable bonds is 6. The first kappa shape index (κ1) is 14.3. The van der Waals surface area contributed by atoms with E-state index < -0.39 is 0 Å². The molecule has 0 aliphatic carbocycles. The first-order valence-corrected chi connectivity index (χ1v) is 6.56. The van der Waals surface area contributed by atoms with Crippen molar-refractivity contribution in [1.82, 2.24) is 9.47 Å². The Kier molecular flexibility index (Phi) is 4.58. The lowest BCUT2D eigenvalue weighted by Crippen LogP contribution is -2.26. The Labute approximate surface area is 119 Å². The molecule has 0 saturated heterocycles. The lowest BCUT2D eigenvalue weighted by Gasteiger charge is -2.16. The zero-order valence-electron chi connectivity index (χ0n) is 12.2. The normalized spacial score (nSPS) is 10.8. The van der Waals surface area contributed by atoms with Crippen molar-refractivity contribution < 1.29 is 9.53 Å². The number of carbonyl (C=O) groups is 1. The second kappa shape index (κ2) is 6.39. The molecule has 0 bridgehead atoms. The summed E-state index contributed by atoms with van der Waals surface area (Å²) in [4.78, 5) is 14.2. The van der Waals surface area contributed by atoms with Crippen LogP contribution in [0.2, 0.25) is 0 Å². The van der Waals surface area contributed by atoms with Gasteiger partial charge in [-0.15, -0.1) is 0 Å². The molecule has 0 aliphatic rings. The SMILES string of the molecule is COc1ccc(CN(C)CC(=O)c2cccn2C)cc1. The summed E-state index contributed by atoms with van der Waals surface area (Å²) in [6, 6.07) is 11.6. The van der Waals surface area contributed by atoms with Crippen LogP contribution in [-0.2, 0) is 13.6 Å². The molecule has 2 rings (SSSR count). The Bertz CT molecular complexity index is 572. The van der Waals surface area contributed by atoms with E-state index in [4.69, 9.17) is 4.74 Å². The third-order valence-corrected chi connectivity index (χ3v) is 3.25. The third kappa shape index (κ3) is 3.48. The second-order valence-electron chi connectivity index (χ2n) is 4.95. The number of methoxy groups -OCH3 is 1. The maximum absolute atomic E-state index is 12.1. The maximum Gasteiger partial charge on any atom is 0.193 e. The van der Waals surface area contributed by atoms with E-state index in [-0.39, 0.29) is 5.78 Å². The highest BCUT2D eigenvalue weighted by molar-refractivity contribution is 5.96. The number of benzene rings is 1. The molecular weight excluding hydrogens is 252 g/mol. The van der Waals surface area contributed by atoms with Crippen molar-refractivity contribution in [2.24, 2.45) is 7.05 Å². The van der Waals surface area contributed by atoms with Crippen molar-refractivity contribution in [1.29, 1.82) is 0 Å². The number of hydrogen-bond donors (Lipinski definition) is 0. The smallest absolute Gasteiger partial charge is 0.193 e. The van der Waals surface area contributed by atoms with Gasteiger partial charge in [0, 0.05) is 19.8 Å². The quantitative estimate of drug-likeness (QED) is 0.757. The van der Waals surface area contributed by atoms with E-state index in [9.17, 15) is 4.79 Å². The lowest BCUT2D eigenvalue weighted by atomic mass is 10.2. The van der Waals surface area contributed by atoms with E-state index >= 15 is 0 Å². The first-order valence-electron chi connectivity index (χ1n) is 6.56. The summed E-state index contributed by atoms with van der Waals surface area (Å²) in [5.41, 5.74) is 1.90. The highest BCUT2D eigenvalue weighted by atomic mass is 16.5. The monoisotopic (exact) mass is 272 g/mol. The Balaban J connectivity index is 1.93. The molecule has 0 N–H and O–H groups in total. The molecule has 0 radical (unpaired) electrons. The average Bonchev–Trinajstić information content (AvgIpc) is 2.86. The summed E-state index contributed by atoms with van der Waals surface area (Å²) >= 11 is 0. The predicted octanol–water partition coefficient (Wildman–Crippen LogP) is 2.35. The summed E-state index contributed by atoms with van der Waals surface area (Å²) in [7, 11) is 5.49. The van der Waals surface area contributed by atoms with Gasteiger partial charge < -0.3 is 9.30 Å². The van der Waals surface area contributed by atoms with Crippen molar-refractivity contribution in [3.63, 3.8) is 0 Å². The number of aromatic nitrogens is 1. The van der Waals surface area contributed by atoms with Gasteiger partial charge in [0.2, 0.25) is 0 Å². The molecule has 0 unspecified atom stereocenters. The zero-order chi connectivity index (χ0) is 14.5. The number of aryl methyl sites for hydroxylation is 1. The van der Waals surface area contributed by atoms with E-state index in [0.29, 0.717) is 6.54 Å². The maximum atomic E-state index is 12.1. The van der Waals surface area contributed by atoms with E-state index in [0.717, 1.165) is 23.6 Å². The number of carbonyl (C=O) groups excluding carboxylic acids is 1. The van der Waals surface area contributed by atoms with Gasteiger partial charge in [0.1, 0.15) is 5.75 Å². The van der Waals surface area contributed by atoms with Crippen molar-refractivity contribution in [2.75, 3.05) is 20.7 Å². The fraction of sp³-hybridized carbons (Fsp3) is 0.312. The fourth-order valence-electron chi connectivity index (χ4n) is 2.18. The molecule has 0 saturated carbocycles. The predicted molar refractivity (Wildman–Crippen MR) is 79.1 cm³/mol. The van der Waals surface area contributed by atoms with Crippen LogP contribution in [-0.4, -0.2) is 36.0 Å². The van der Waals surface area contributed by atoms with Crippen LogP contribution in [0, 0.1) is 0 Å². The molecule has 4 nitrogen and oxygen atoms in total. The van der Waals surface area contributed by atoms with Crippen LogP contribution in [0.25, 0.3) is 0 Å². The van der Waals surface area contributed by atoms with Gasteiger partial charge in [0.15, 0.2) is 5.78 Å². The van der Waals surface area contributed by atoms with E-state index in [1.54, 1.807) is 7.11 Å². The van der Waals surface area contributed by atoms with Crippen LogP contribution in [0.15, 0.2) is 42.6 Å². The largest absolute Gasteiger partial charge is 0.497 e. The van der Waals surface area contributed by atoms with Crippen molar-refractivity contribution in [2.45, 2.75) is 6.54 Å². The molecule has 4 heteroatoms. The van der Waals surface area contributed by atoms with Crippen LogP contribution >= 0.6 is 0 Å². The van der Waals surface area contributed by atoms with Crippen LogP contribution < -0.4 is 4.74 Å². The van der Waals surface area contributed by atoms with Crippen molar-refractivity contribution >= 4 is 5.78 Å². The number of hydrogen-bond acceptors (Lipinski definition) is 3. The minimum absolute atomic E-state index is 0.133. The topological polar surface area (TPSA) is 34.5 Å². The minimum Gasteiger partial charge on any atom is -0.497 e. The van der Waals surface area contributed by atoms with Gasteiger partial charge in [-0.1, -0.05) is 12.1 Å². The van der Waals surface area contributed by atoms with Crippen molar-refractivity contribution in [3.8, 4) is 5.75 Å². The summed E-state index contributed by atoms with van der Waals surface area (Å²) in [6.07, 6.45) is 1.89. The number of likely N-dealkylation sites (N-methyl/N-ethyl adjacent to an activating group) is 1. The van der Waals surface area contributed by atoms with E-state index in [1.807, 2.05) is 66.2 Å². The highest BCUT2D eigenvalue weighted by Crippen LogP contribution is 2.12. The van der Waals surface area contributed by atoms with E-state index in [1.165, 1.54) is 0 Å². The van der Waals surface area contributed by atoms with Gasteiger partial charge in [-0.3, -0.25) is 9.69 Å². The highest BCUT2D eigenvalue weighted by Gasteiger charge is 2.12. The molecule has 1 heterocycles. The van der Waals surface area contributed by atoms with Gasteiger partial charge in [-0.05, 0) is 36.9 Å². The Morgan fingerprint density at radius 3 is 2.50 bits per heavy atom. The lowest BCUT2D eigenvalue weighted by molar-refractivity contribution is 0.0935. The minimum atomic E-state index is 0.133. The second-order valence-corrected chi connectivity index (χ2v) is 4.95. The Hall–Kier alpha value is -2.07. The number of nitrogens with zero attached hydrogens (tertiary/aromatic N) is 2. The Morgan fingerprint density at radius 1 is 1.25 bits per heavy atom. The van der Waals surface area contributed by atoms with Gasteiger partial charge in [-0.25, -0.2) is 0 Å². The number of ketones is 1. The molecular formula is C16H20N2O2. The molecule has 20 heavy (non-hydrogen) atoms. The number of ether oxygens (including phenoxy) is 1. The molecule has 1 aromatic heterocycles. The van der Waals surface area contributed by atoms with Crippen LogP contribution in [0.1, 0.15) is 16.1 Å². The standard InChI is InChI=1S/C16H20N2O2/c1-17(11-13-6-8-14(20-3)9-7-13)12-16(19)15-5-4-10-18(15)2/h4-10H,11-12H2,1-3H3. The van der Waals surface area contributed by atoms with Gasteiger partial charge >= 0.3 is 0 Å². The average molecular weight is 272 g/mol. The van der Waals surface area contributed by atoms with Crippen LogP contribution in [0.5, 0.6) is 5.75 Å². The molecule has 0 atom stereocenters. The molecule has 1 aromatic carbocycles. The summed E-state index contributed by atoms with van der Waals surface area (Å²) < 4.78 is 6.98. The Morgan fingerprint density at radius 2 is 1.95 bits per heavy atom.